The first-order chi connectivity index (χ1) is 15.8. The largest absolute Gasteiger partial charge is 0.507 e. The molecule has 4 aromatic rings. The molecule has 2 heterocycles. The van der Waals surface area contributed by atoms with E-state index in [1.807, 2.05) is 22.9 Å². The molecule has 0 saturated heterocycles. The Balaban J connectivity index is 0.000000205. The van der Waals surface area contributed by atoms with Crippen LogP contribution in [0.3, 0.4) is 0 Å². The summed E-state index contributed by atoms with van der Waals surface area (Å²) in [6.07, 6.45) is 6.48. The van der Waals surface area contributed by atoms with E-state index in [1.165, 1.54) is 22.0 Å². The first-order valence-corrected chi connectivity index (χ1v) is 11.6. The van der Waals surface area contributed by atoms with Gasteiger partial charge in [-0.15, -0.1) is 0 Å². The molecule has 0 aliphatic rings. The van der Waals surface area contributed by atoms with E-state index >= 15 is 0 Å². The van der Waals surface area contributed by atoms with E-state index in [-0.39, 0.29) is 0 Å². The average molecular weight is 448 g/mol. The molecule has 0 unspecified atom stereocenters. The monoisotopic (exact) mass is 447 g/mol. The van der Waals surface area contributed by atoms with Gasteiger partial charge in [-0.25, -0.2) is 9.67 Å². The minimum absolute atomic E-state index is 0.388. The van der Waals surface area contributed by atoms with Crippen LogP contribution in [0.1, 0.15) is 61.8 Å². The summed E-state index contributed by atoms with van der Waals surface area (Å²) in [5, 5.41) is 15.4. The van der Waals surface area contributed by atoms with Gasteiger partial charge in [-0.3, -0.25) is 0 Å². The maximum atomic E-state index is 9.93. The Morgan fingerprint density at radius 3 is 2.30 bits per heavy atom. The molecule has 0 fully saturated rings. The quantitative estimate of drug-likeness (QED) is 0.390. The number of benzene rings is 2. The van der Waals surface area contributed by atoms with Crippen LogP contribution in [0.5, 0.6) is 5.75 Å². The van der Waals surface area contributed by atoms with Crippen LogP contribution in [-0.2, 0) is 13.0 Å². The normalized spacial score (nSPS) is 11.4. The minimum atomic E-state index is 0.388. The second-order valence-corrected chi connectivity index (χ2v) is 9.43. The summed E-state index contributed by atoms with van der Waals surface area (Å²) in [5.74, 6) is 1.25. The Morgan fingerprint density at radius 2 is 1.73 bits per heavy atom. The van der Waals surface area contributed by atoms with Crippen LogP contribution in [0.25, 0.3) is 10.9 Å². The third-order valence-corrected chi connectivity index (χ3v) is 5.81. The number of hydrogen-bond donors (Lipinski definition) is 2. The lowest BCUT2D eigenvalue weighted by atomic mass is 9.94. The Kier molecular flexibility index (Phi) is 8.28. The van der Waals surface area contributed by atoms with Crippen molar-refractivity contribution in [2.45, 2.75) is 52.5 Å². The maximum Gasteiger partial charge on any atom is 0.137 e. The van der Waals surface area contributed by atoms with E-state index in [9.17, 15) is 5.11 Å². The van der Waals surface area contributed by atoms with Gasteiger partial charge in [-0.05, 0) is 66.7 Å². The lowest BCUT2D eigenvalue weighted by Gasteiger charge is -2.14. The van der Waals surface area contributed by atoms with Crippen LogP contribution in [0.15, 0.2) is 55.2 Å². The van der Waals surface area contributed by atoms with E-state index in [0.29, 0.717) is 17.6 Å². The first kappa shape index (κ1) is 24.5. The fourth-order valence-corrected chi connectivity index (χ4v) is 3.89. The first-order valence-electron chi connectivity index (χ1n) is 11.6. The van der Waals surface area contributed by atoms with E-state index in [0.717, 1.165) is 30.6 Å². The zero-order valence-electron chi connectivity index (χ0n) is 20.7. The average Bonchev–Trinajstić information content (AvgIpc) is 3.42. The number of likely N-dealkylation sites (N-methyl/N-ethyl adjacent to an activating group) is 1. The molecular formula is C27H37N5O. The van der Waals surface area contributed by atoms with Crippen molar-refractivity contribution < 1.29 is 5.11 Å². The molecule has 33 heavy (non-hydrogen) atoms. The second kappa shape index (κ2) is 11.1. The fraction of sp³-hybridized carbons (Fsp3) is 0.407. The summed E-state index contributed by atoms with van der Waals surface area (Å²) in [4.78, 5) is 9.53. The number of H-pyrrole nitrogens is 1. The summed E-state index contributed by atoms with van der Waals surface area (Å²) in [5.41, 5.74) is 5.90. The third-order valence-electron chi connectivity index (χ3n) is 5.81. The van der Waals surface area contributed by atoms with Gasteiger partial charge in [-0.2, -0.15) is 5.10 Å². The highest BCUT2D eigenvalue weighted by atomic mass is 16.3. The van der Waals surface area contributed by atoms with Crippen LogP contribution in [0.4, 0.5) is 0 Å². The molecule has 0 aliphatic carbocycles. The van der Waals surface area contributed by atoms with E-state index in [1.54, 1.807) is 12.7 Å². The predicted octanol–water partition coefficient (Wildman–Crippen LogP) is 5.55. The molecule has 6 heteroatoms. The lowest BCUT2D eigenvalue weighted by molar-refractivity contribution is 0.414. The number of aromatic hydroxyl groups is 1. The molecule has 0 aliphatic heterocycles. The Morgan fingerprint density at radius 1 is 1.03 bits per heavy atom. The number of aromatic nitrogens is 4. The molecule has 0 bridgehead atoms. The van der Waals surface area contributed by atoms with Crippen molar-refractivity contribution in [3.8, 4) is 5.75 Å². The highest BCUT2D eigenvalue weighted by Crippen LogP contribution is 2.32. The summed E-state index contributed by atoms with van der Waals surface area (Å²) >= 11 is 0. The van der Waals surface area contributed by atoms with E-state index in [4.69, 9.17) is 0 Å². The van der Waals surface area contributed by atoms with Gasteiger partial charge in [0, 0.05) is 23.6 Å². The number of nitrogens with one attached hydrogen (secondary N) is 1. The number of nitrogens with zero attached hydrogens (tertiary/aromatic N) is 4. The lowest BCUT2D eigenvalue weighted by Crippen LogP contribution is -2.14. The molecule has 176 valence electrons. The number of fused-ring (bicyclic) bond motifs is 1. The minimum Gasteiger partial charge on any atom is -0.507 e. The van der Waals surface area contributed by atoms with Crippen LogP contribution in [0, 0.1) is 0 Å². The Hall–Kier alpha value is -3.12. The van der Waals surface area contributed by atoms with Crippen molar-refractivity contribution in [3.63, 3.8) is 0 Å². The van der Waals surface area contributed by atoms with Crippen molar-refractivity contribution in [1.29, 1.82) is 0 Å². The number of hydrogen-bond acceptors (Lipinski definition) is 4. The zero-order valence-corrected chi connectivity index (χ0v) is 20.7. The SMILES string of the molecule is CC(C)c1cccc(C(C)C)c1O.CN(C)CCc1c[nH]c2ccc(Cn3cncn3)cc12. The molecule has 2 aromatic heterocycles. The predicted molar refractivity (Wildman–Crippen MR) is 136 cm³/mol. The molecular weight excluding hydrogens is 410 g/mol. The molecule has 0 saturated carbocycles. The Bertz CT molecular complexity index is 1120. The van der Waals surface area contributed by atoms with E-state index in [2.05, 4.69) is 86.2 Å². The van der Waals surface area contributed by atoms with Gasteiger partial charge in [0.25, 0.3) is 0 Å². The van der Waals surface area contributed by atoms with Crippen LogP contribution in [0.2, 0.25) is 0 Å². The van der Waals surface area contributed by atoms with Crippen molar-refractivity contribution >= 4 is 10.9 Å². The van der Waals surface area contributed by atoms with Crippen molar-refractivity contribution in [2.75, 3.05) is 20.6 Å². The van der Waals surface area contributed by atoms with Gasteiger partial charge in [0.1, 0.15) is 18.4 Å². The van der Waals surface area contributed by atoms with Crippen LogP contribution < -0.4 is 0 Å². The van der Waals surface area contributed by atoms with Gasteiger partial charge in [0.15, 0.2) is 0 Å². The van der Waals surface area contributed by atoms with Gasteiger partial charge >= 0.3 is 0 Å². The summed E-state index contributed by atoms with van der Waals surface area (Å²) in [7, 11) is 4.20. The highest BCUT2D eigenvalue weighted by Gasteiger charge is 2.11. The maximum absolute atomic E-state index is 9.93. The fourth-order valence-electron chi connectivity index (χ4n) is 3.89. The van der Waals surface area contributed by atoms with Gasteiger partial charge < -0.3 is 15.0 Å². The number of phenols is 1. The van der Waals surface area contributed by atoms with Crippen molar-refractivity contribution in [1.82, 2.24) is 24.6 Å². The second-order valence-electron chi connectivity index (χ2n) is 9.43. The molecule has 2 aromatic carbocycles. The molecule has 4 rings (SSSR count). The molecule has 2 N–H and O–H groups in total. The number of para-hydroxylation sites is 1. The number of rotatable bonds is 7. The van der Waals surface area contributed by atoms with Gasteiger partial charge in [-0.1, -0.05) is 52.0 Å². The topological polar surface area (TPSA) is 70.0 Å². The van der Waals surface area contributed by atoms with Crippen molar-refractivity contribution in [2.24, 2.45) is 0 Å². The van der Waals surface area contributed by atoms with Gasteiger partial charge in [0.2, 0.25) is 0 Å². The standard InChI is InChI=1S/C15H19N5.C12H18O/c1-19(2)6-5-13-8-17-15-4-3-12(7-14(13)15)9-20-11-16-10-18-20;1-8(2)10-6-5-7-11(9(3)4)12(10)13/h3-4,7-8,10-11,17H,5-6,9H2,1-2H3;5-9,13H,1-4H3. The zero-order chi connectivity index (χ0) is 24.0. The third kappa shape index (κ3) is 6.45. The van der Waals surface area contributed by atoms with Crippen LogP contribution >= 0.6 is 0 Å². The summed E-state index contributed by atoms with van der Waals surface area (Å²) in [6, 6.07) is 12.5. The van der Waals surface area contributed by atoms with E-state index < -0.39 is 0 Å². The molecule has 6 nitrogen and oxygen atoms in total. The molecule has 0 atom stereocenters. The summed E-state index contributed by atoms with van der Waals surface area (Å²) < 4.78 is 1.84. The van der Waals surface area contributed by atoms with Crippen LogP contribution in [-0.4, -0.2) is 50.4 Å². The molecule has 0 radical (unpaired) electrons. The molecule has 0 amide bonds. The smallest absolute Gasteiger partial charge is 0.137 e. The van der Waals surface area contributed by atoms with Gasteiger partial charge in [0.05, 0.1) is 6.54 Å². The Labute approximate surface area is 197 Å². The van der Waals surface area contributed by atoms with Crippen molar-refractivity contribution in [3.05, 3.63) is 77.5 Å². The number of phenolic OH excluding ortho intramolecular Hbond substituents is 1. The number of aromatic amines is 1. The summed E-state index contributed by atoms with van der Waals surface area (Å²) in [6.45, 7) is 10.2. The molecule has 0 spiro atoms. The highest BCUT2D eigenvalue weighted by molar-refractivity contribution is 5.83.